The zero-order chi connectivity index (χ0) is 11.1. The second kappa shape index (κ2) is 5.98. The third-order valence-corrected chi connectivity index (χ3v) is 1.41. The van der Waals surface area contributed by atoms with Crippen molar-refractivity contribution < 1.29 is 28.9 Å². The number of hydrogen-bond acceptors (Lipinski definition) is 6. The highest BCUT2D eigenvalue weighted by atomic mass is 16.6. The molecular formula is C8H12O6. The van der Waals surface area contributed by atoms with Crippen molar-refractivity contribution in [3.8, 4) is 0 Å². The molecule has 0 radical (unpaired) electrons. The molecule has 2 unspecified atom stereocenters. The molecule has 0 saturated heterocycles. The van der Waals surface area contributed by atoms with Gasteiger partial charge in [0.2, 0.25) is 6.10 Å². The van der Waals surface area contributed by atoms with E-state index in [0.29, 0.717) is 0 Å². The van der Waals surface area contributed by atoms with E-state index in [1.807, 2.05) is 0 Å². The molecule has 0 aromatic heterocycles. The number of aliphatic hydroxyl groups excluding tert-OH is 1. The molecule has 0 aliphatic carbocycles. The summed E-state index contributed by atoms with van der Waals surface area (Å²) in [6, 6.07) is 0. The minimum absolute atomic E-state index is 0.886. The largest absolute Gasteiger partial charge is 0.484 e. The molecule has 0 bridgehead atoms. The summed E-state index contributed by atoms with van der Waals surface area (Å²) in [5, 5.41) is 9.26. The molecule has 0 amide bonds. The number of carbonyl (C=O) groups is 2. The normalized spacial score (nSPS) is 13.6. The first-order valence-electron chi connectivity index (χ1n) is 3.68. The van der Waals surface area contributed by atoms with E-state index in [1.54, 1.807) is 0 Å². The van der Waals surface area contributed by atoms with Crippen LogP contribution in [-0.4, -0.2) is 43.5 Å². The van der Waals surface area contributed by atoms with Gasteiger partial charge in [-0.25, -0.2) is 9.59 Å². The van der Waals surface area contributed by atoms with E-state index in [9.17, 15) is 14.7 Å². The molecule has 0 aromatic rings. The van der Waals surface area contributed by atoms with Crippen molar-refractivity contribution >= 4 is 11.9 Å². The van der Waals surface area contributed by atoms with Crippen molar-refractivity contribution in [2.45, 2.75) is 12.2 Å². The van der Waals surface area contributed by atoms with Gasteiger partial charge in [0.15, 0.2) is 6.10 Å². The number of methoxy groups -OCH3 is 2. The maximum atomic E-state index is 11.0. The van der Waals surface area contributed by atoms with Gasteiger partial charge in [0.1, 0.15) is 0 Å². The van der Waals surface area contributed by atoms with E-state index < -0.39 is 24.1 Å². The summed E-state index contributed by atoms with van der Waals surface area (Å²) in [6.45, 7) is 3.19. The maximum absolute atomic E-state index is 11.0. The number of esters is 2. The average molecular weight is 204 g/mol. The molecule has 0 aliphatic rings. The van der Waals surface area contributed by atoms with Crippen molar-refractivity contribution in [3.63, 3.8) is 0 Å². The lowest BCUT2D eigenvalue weighted by Gasteiger charge is -2.17. The van der Waals surface area contributed by atoms with Crippen LogP contribution >= 0.6 is 0 Å². The van der Waals surface area contributed by atoms with Crippen LogP contribution < -0.4 is 0 Å². The zero-order valence-electron chi connectivity index (χ0n) is 7.93. The average Bonchev–Trinajstić information content (AvgIpc) is 2.22. The maximum Gasteiger partial charge on any atom is 0.350 e. The topological polar surface area (TPSA) is 82.1 Å². The van der Waals surface area contributed by atoms with Crippen LogP contribution in [0.1, 0.15) is 0 Å². The van der Waals surface area contributed by atoms with E-state index in [0.717, 1.165) is 20.5 Å². The summed E-state index contributed by atoms with van der Waals surface area (Å²) in [6.07, 6.45) is -2.26. The number of hydrogen-bond donors (Lipinski definition) is 1. The van der Waals surface area contributed by atoms with Crippen LogP contribution in [-0.2, 0) is 23.8 Å². The first-order valence-corrected chi connectivity index (χ1v) is 3.68. The highest BCUT2D eigenvalue weighted by Crippen LogP contribution is 2.04. The predicted molar refractivity (Wildman–Crippen MR) is 45.1 cm³/mol. The number of aliphatic hydroxyl groups is 1. The van der Waals surface area contributed by atoms with Gasteiger partial charge < -0.3 is 19.3 Å². The molecule has 14 heavy (non-hydrogen) atoms. The van der Waals surface area contributed by atoms with Crippen molar-refractivity contribution in [1.29, 1.82) is 0 Å². The highest BCUT2D eigenvalue weighted by molar-refractivity contribution is 5.85. The van der Waals surface area contributed by atoms with Crippen molar-refractivity contribution in [1.82, 2.24) is 0 Å². The Morgan fingerprint density at radius 1 is 1.29 bits per heavy atom. The highest BCUT2D eigenvalue weighted by Gasteiger charge is 2.35. The summed E-state index contributed by atoms with van der Waals surface area (Å²) in [4.78, 5) is 21.9. The molecule has 6 nitrogen and oxygen atoms in total. The smallest absolute Gasteiger partial charge is 0.350 e. The zero-order valence-corrected chi connectivity index (χ0v) is 7.93. The molecule has 0 spiro atoms. The summed E-state index contributed by atoms with van der Waals surface area (Å²) in [7, 11) is 2.18. The van der Waals surface area contributed by atoms with E-state index in [-0.39, 0.29) is 0 Å². The second-order valence-corrected chi connectivity index (χ2v) is 2.21. The fourth-order valence-corrected chi connectivity index (χ4v) is 0.723. The monoisotopic (exact) mass is 204 g/mol. The van der Waals surface area contributed by atoms with Crippen LogP contribution in [0.2, 0.25) is 0 Å². The van der Waals surface area contributed by atoms with Gasteiger partial charge in [0, 0.05) is 0 Å². The lowest BCUT2D eigenvalue weighted by atomic mass is 10.2. The minimum atomic E-state index is -1.73. The van der Waals surface area contributed by atoms with Crippen molar-refractivity contribution in [2.75, 3.05) is 14.2 Å². The molecule has 0 saturated carbocycles. The Balaban J connectivity index is 4.54. The number of ether oxygens (including phenoxy) is 3. The molecule has 80 valence electrons. The Kier molecular flexibility index (Phi) is 5.31. The Morgan fingerprint density at radius 2 is 1.79 bits per heavy atom. The van der Waals surface area contributed by atoms with Crippen LogP contribution in [0.3, 0.4) is 0 Å². The van der Waals surface area contributed by atoms with Crippen LogP contribution in [0, 0.1) is 0 Å². The predicted octanol–water partition coefficient (Wildman–Crippen LogP) is -0.778. The second-order valence-electron chi connectivity index (χ2n) is 2.21. The third kappa shape index (κ3) is 3.06. The molecule has 0 fully saturated rings. The van der Waals surface area contributed by atoms with Gasteiger partial charge in [0.25, 0.3) is 0 Å². The summed E-state index contributed by atoms with van der Waals surface area (Å²) in [5.74, 6) is -1.87. The third-order valence-electron chi connectivity index (χ3n) is 1.41. The molecule has 2 atom stereocenters. The summed E-state index contributed by atoms with van der Waals surface area (Å²) < 4.78 is 13.1. The molecule has 0 aliphatic heterocycles. The van der Waals surface area contributed by atoms with Gasteiger partial charge in [-0.15, -0.1) is 0 Å². The lowest BCUT2D eigenvalue weighted by molar-refractivity contribution is -0.170. The summed E-state index contributed by atoms with van der Waals surface area (Å²) >= 11 is 0. The van der Waals surface area contributed by atoms with Gasteiger partial charge in [-0.1, -0.05) is 6.58 Å². The van der Waals surface area contributed by atoms with Gasteiger partial charge in [-0.2, -0.15) is 0 Å². The minimum Gasteiger partial charge on any atom is -0.484 e. The first-order chi connectivity index (χ1) is 6.58. The Morgan fingerprint density at radius 3 is 2.14 bits per heavy atom. The standard InChI is InChI=1S/C8H12O6/c1-4-14-6(8(11)13-3)5(9)7(10)12-2/h4-6,9H,1H2,2-3H3. The SMILES string of the molecule is C=COC(C(=O)OC)C(O)C(=O)OC. The lowest BCUT2D eigenvalue weighted by Crippen LogP contribution is -2.42. The Bertz CT molecular complexity index is 224. The van der Waals surface area contributed by atoms with E-state index in [2.05, 4.69) is 20.8 Å². The fraction of sp³-hybridized carbons (Fsp3) is 0.500. The Hall–Kier alpha value is -1.56. The summed E-state index contributed by atoms with van der Waals surface area (Å²) in [5.41, 5.74) is 0. The van der Waals surface area contributed by atoms with Gasteiger partial charge in [-0.3, -0.25) is 0 Å². The fourth-order valence-electron chi connectivity index (χ4n) is 0.723. The molecule has 0 heterocycles. The molecule has 0 rings (SSSR count). The van der Waals surface area contributed by atoms with Crippen LogP contribution in [0.4, 0.5) is 0 Å². The van der Waals surface area contributed by atoms with Crippen LogP contribution in [0.5, 0.6) is 0 Å². The van der Waals surface area contributed by atoms with Gasteiger partial charge in [0.05, 0.1) is 20.5 Å². The van der Waals surface area contributed by atoms with Crippen LogP contribution in [0.25, 0.3) is 0 Å². The number of rotatable bonds is 5. The molecule has 6 heteroatoms. The van der Waals surface area contributed by atoms with Crippen LogP contribution in [0.15, 0.2) is 12.8 Å². The molecule has 1 N–H and O–H groups in total. The molecular weight excluding hydrogens is 192 g/mol. The van der Waals surface area contributed by atoms with Crippen molar-refractivity contribution in [2.24, 2.45) is 0 Å². The van der Waals surface area contributed by atoms with E-state index >= 15 is 0 Å². The van der Waals surface area contributed by atoms with E-state index in [1.165, 1.54) is 0 Å². The quantitative estimate of drug-likeness (QED) is 0.467. The Labute approximate surface area is 81.1 Å². The first kappa shape index (κ1) is 12.4. The van der Waals surface area contributed by atoms with Crippen molar-refractivity contribution in [3.05, 3.63) is 12.8 Å². The number of carbonyl (C=O) groups excluding carboxylic acids is 2. The van der Waals surface area contributed by atoms with Gasteiger partial charge in [-0.05, 0) is 0 Å². The molecule has 0 aromatic carbocycles. The van der Waals surface area contributed by atoms with Gasteiger partial charge >= 0.3 is 11.9 Å². The van der Waals surface area contributed by atoms with E-state index in [4.69, 9.17) is 0 Å².